The van der Waals surface area contributed by atoms with Crippen molar-refractivity contribution in [2.45, 2.75) is 90.7 Å². The van der Waals surface area contributed by atoms with Gasteiger partial charge in [-0.05, 0) is 55.2 Å². The van der Waals surface area contributed by atoms with Gasteiger partial charge in [-0.1, -0.05) is 58.0 Å². The minimum Gasteiger partial charge on any atom is -0.381 e. The summed E-state index contributed by atoms with van der Waals surface area (Å²) in [5.74, 6) is -0.884. The molecule has 5 rings (SSSR count). The number of hydrogen-bond donors (Lipinski definition) is 1. The first-order chi connectivity index (χ1) is 21.4. The van der Waals surface area contributed by atoms with Crippen LogP contribution in [0.3, 0.4) is 0 Å². The highest BCUT2D eigenvalue weighted by Crippen LogP contribution is 2.29. The van der Waals surface area contributed by atoms with E-state index in [9.17, 15) is 13.9 Å². The smallest absolute Gasteiger partial charge is 0.137 e. The molecule has 1 saturated heterocycles. The standard InChI is InChI=1S/C21H35NO.C13H12F2N6O/c1-7-21(5,6)20-10-8-19(9-11-20)12-16(2)13-22-14-17(3)23-18(4)15-22;14-10-1-2-11(12(15)3-10)13(22,4-20-8-16-6-18-20)5-21-9-17-7-19-21/h8-11,16-18H,7,12-15H2,1-6H3;1-3,6-9,22H,4-5H2/t16?,17-,18+;. The zero-order valence-corrected chi connectivity index (χ0v) is 27.3. The SMILES string of the molecule is CCC(C)(C)c1ccc(CC(C)CN2C[C@@H](C)O[C@@H](C)C2)cc1.OC(Cn1cncn1)(Cn1cncn1)c1ccc(F)cc1F. The van der Waals surface area contributed by atoms with E-state index >= 15 is 0 Å². The number of benzene rings is 2. The molecule has 9 nitrogen and oxygen atoms in total. The van der Waals surface area contributed by atoms with Gasteiger partial charge in [0.1, 0.15) is 42.5 Å². The average Bonchev–Trinajstić information content (AvgIpc) is 3.67. The summed E-state index contributed by atoms with van der Waals surface area (Å²) in [5, 5.41) is 18.8. The molecule has 0 aliphatic carbocycles. The summed E-state index contributed by atoms with van der Waals surface area (Å²) in [4.78, 5) is 10.1. The molecule has 3 heterocycles. The Hall–Kier alpha value is -3.54. The number of morpholine rings is 1. The molecule has 4 aromatic rings. The predicted octanol–water partition coefficient (Wildman–Crippen LogP) is 5.40. The highest BCUT2D eigenvalue weighted by molar-refractivity contribution is 5.28. The third-order valence-electron chi connectivity index (χ3n) is 8.48. The van der Waals surface area contributed by atoms with Crippen LogP contribution in [-0.2, 0) is 35.3 Å². The van der Waals surface area contributed by atoms with Crippen molar-refractivity contribution in [3.63, 3.8) is 0 Å². The fourth-order valence-electron chi connectivity index (χ4n) is 5.89. The fraction of sp³-hybridized carbons (Fsp3) is 0.529. The lowest BCUT2D eigenvalue weighted by Gasteiger charge is -2.36. The lowest BCUT2D eigenvalue weighted by Crippen LogP contribution is -2.47. The van der Waals surface area contributed by atoms with Crippen LogP contribution in [0.25, 0.3) is 0 Å². The quantitative estimate of drug-likeness (QED) is 0.239. The van der Waals surface area contributed by atoms with Crippen LogP contribution in [0.2, 0.25) is 0 Å². The molecule has 0 spiro atoms. The van der Waals surface area contributed by atoms with E-state index in [1.54, 1.807) is 0 Å². The summed E-state index contributed by atoms with van der Waals surface area (Å²) in [6.45, 7) is 16.8. The predicted molar refractivity (Wildman–Crippen MR) is 169 cm³/mol. The molecule has 1 fully saturated rings. The molecule has 0 saturated carbocycles. The molecule has 11 heteroatoms. The zero-order valence-electron chi connectivity index (χ0n) is 27.3. The van der Waals surface area contributed by atoms with Gasteiger partial charge in [0.2, 0.25) is 0 Å². The van der Waals surface area contributed by atoms with Crippen molar-refractivity contribution in [1.82, 2.24) is 34.4 Å². The van der Waals surface area contributed by atoms with Gasteiger partial charge in [0.25, 0.3) is 0 Å². The number of hydrogen-bond acceptors (Lipinski definition) is 7. The second kappa shape index (κ2) is 15.2. The summed E-state index contributed by atoms with van der Waals surface area (Å²) >= 11 is 0. The first kappa shape index (κ1) is 34.3. The van der Waals surface area contributed by atoms with Crippen molar-refractivity contribution in [2.75, 3.05) is 19.6 Å². The molecule has 45 heavy (non-hydrogen) atoms. The monoisotopic (exact) mass is 623 g/mol. The zero-order chi connectivity index (χ0) is 32.6. The van der Waals surface area contributed by atoms with E-state index < -0.39 is 17.2 Å². The topological polar surface area (TPSA) is 94.1 Å². The Bertz CT molecular complexity index is 1400. The van der Waals surface area contributed by atoms with E-state index in [1.807, 2.05) is 0 Å². The molecular weight excluding hydrogens is 576 g/mol. The van der Waals surface area contributed by atoms with Gasteiger partial charge < -0.3 is 9.84 Å². The maximum absolute atomic E-state index is 14.1. The van der Waals surface area contributed by atoms with Crippen molar-refractivity contribution in [3.8, 4) is 0 Å². The van der Waals surface area contributed by atoms with Gasteiger partial charge in [0.05, 0.1) is 25.3 Å². The van der Waals surface area contributed by atoms with Crippen molar-refractivity contribution in [1.29, 1.82) is 0 Å². The van der Waals surface area contributed by atoms with Crippen LogP contribution >= 0.6 is 0 Å². The number of aromatic nitrogens is 6. The van der Waals surface area contributed by atoms with Gasteiger partial charge in [-0.15, -0.1) is 0 Å². The molecule has 244 valence electrons. The van der Waals surface area contributed by atoms with Gasteiger partial charge in [-0.3, -0.25) is 4.90 Å². The molecule has 1 N–H and O–H groups in total. The number of halogens is 2. The average molecular weight is 624 g/mol. The number of ether oxygens (including phenoxy) is 1. The van der Waals surface area contributed by atoms with Crippen LogP contribution in [0.1, 0.15) is 64.7 Å². The van der Waals surface area contributed by atoms with Crippen LogP contribution in [0.5, 0.6) is 0 Å². The van der Waals surface area contributed by atoms with E-state index in [1.165, 1.54) is 64.8 Å². The van der Waals surface area contributed by atoms with E-state index in [0.29, 0.717) is 18.1 Å². The maximum atomic E-state index is 14.1. The van der Waals surface area contributed by atoms with Crippen LogP contribution in [-0.4, -0.2) is 71.4 Å². The Morgan fingerprint density at radius 2 is 1.51 bits per heavy atom. The van der Waals surface area contributed by atoms with Crippen LogP contribution in [0, 0.1) is 17.6 Å². The maximum Gasteiger partial charge on any atom is 0.137 e. The Balaban J connectivity index is 0.000000205. The Morgan fingerprint density at radius 1 is 0.933 bits per heavy atom. The normalized spacial score (nSPS) is 18.3. The molecule has 2 aromatic heterocycles. The molecule has 2 aromatic carbocycles. The number of rotatable bonds is 11. The van der Waals surface area contributed by atoms with Crippen molar-refractivity contribution >= 4 is 0 Å². The molecule has 1 aliphatic heterocycles. The van der Waals surface area contributed by atoms with Crippen molar-refractivity contribution in [2.24, 2.45) is 5.92 Å². The first-order valence-corrected chi connectivity index (χ1v) is 15.7. The third kappa shape index (κ3) is 9.72. The second-order valence-corrected chi connectivity index (χ2v) is 13.1. The molecule has 0 radical (unpaired) electrons. The van der Waals surface area contributed by atoms with Crippen LogP contribution < -0.4 is 0 Å². The largest absolute Gasteiger partial charge is 0.381 e. The summed E-state index contributed by atoms with van der Waals surface area (Å²) in [5.41, 5.74) is 1.44. The molecule has 1 unspecified atom stereocenters. The van der Waals surface area contributed by atoms with Gasteiger partial charge in [-0.25, -0.2) is 28.1 Å². The van der Waals surface area contributed by atoms with E-state index in [2.05, 4.69) is 90.9 Å². The highest BCUT2D eigenvalue weighted by Gasteiger charge is 2.34. The summed E-state index contributed by atoms with van der Waals surface area (Å²) in [7, 11) is 0. The molecule has 0 bridgehead atoms. The Morgan fingerprint density at radius 3 is 2.00 bits per heavy atom. The van der Waals surface area contributed by atoms with Crippen LogP contribution in [0.15, 0.2) is 67.8 Å². The van der Waals surface area contributed by atoms with Gasteiger partial charge >= 0.3 is 0 Å². The minimum absolute atomic E-state index is 0.0556. The highest BCUT2D eigenvalue weighted by atomic mass is 19.1. The molecule has 3 atom stereocenters. The Labute approximate surface area is 265 Å². The van der Waals surface area contributed by atoms with Gasteiger partial charge in [0.15, 0.2) is 0 Å². The fourth-order valence-corrected chi connectivity index (χ4v) is 5.89. The number of aliphatic hydroxyl groups is 1. The van der Waals surface area contributed by atoms with Gasteiger partial charge in [-0.2, -0.15) is 10.2 Å². The summed E-state index contributed by atoms with van der Waals surface area (Å²) in [6.07, 6.45) is 8.46. The van der Waals surface area contributed by atoms with E-state index in [-0.39, 0.29) is 24.1 Å². The summed E-state index contributed by atoms with van der Waals surface area (Å²) < 4.78 is 35.8. The second-order valence-electron chi connectivity index (χ2n) is 13.1. The third-order valence-corrected chi connectivity index (χ3v) is 8.48. The molecular formula is C34H47F2N7O2. The van der Waals surface area contributed by atoms with E-state index in [0.717, 1.165) is 31.6 Å². The lowest BCUT2D eigenvalue weighted by atomic mass is 9.82. The van der Waals surface area contributed by atoms with Gasteiger partial charge in [0, 0.05) is 31.3 Å². The molecule has 1 aliphatic rings. The van der Waals surface area contributed by atoms with E-state index in [4.69, 9.17) is 4.74 Å². The minimum atomic E-state index is -1.70. The van der Waals surface area contributed by atoms with Crippen molar-refractivity contribution < 1.29 is 18.6 Å². The lowest BCUT2D eigenvalue weighted by molar-refractivity contribution is -0.0708. The Kier molecular flexibility index (Phi) is 11.6. The van der Waals surface area contributed by atoms with Crippen LogP contribution in [0.4, 0.5) is 8.78 Å². The number of nitrogens with zero attached hydrogens (tertiary/aromatic N) is 7. The van der Waals surface area contributed by atoms with Crippen molar-refractivity contribution in [3.05, 3.63) is 96.1 Å². The summed E-state index contributed by atoms with van der Waals surface area (Å²) in [6, 6.07) is 12.3. The molecule has 0 amide bonds. The first-order valence-electron chi connectivity index (χ1n) is 15.7.